The molecule has 3 aromatic rings. The molecule has 1 aromatic heterocycles. The molecule has 0 fully saturated rings. The molecule has 1 heterocycles. The molecule has 0 aliphatic rings. The topological polar surface area (TPSA) is 43.3 Å². The Morgan fingerprint density at radius 3 is 2.58 bits per heavy atom. The van der Waals surface area contributed by atoms with Crippen LogP contribution in [0.5, 0.6) is 5.75 Å². The number of para-hydroxylation sites is 3. The Kier molecular flexibility index (Phi) is 5.61. The van der Waals surface area contributed by atoms with Gasteiger partial charge in [-0.25, -0.2) is 0 Å². The van der Waals surface area contributed by atoms with Gasteiger partial charge in [0, 0.05) is 17.4 Å². The maximum atomic E-state index is 13.2. The van der Waals surface area contributed by atoms with Crippen LogP contribution >= 0.6 is 0 Å². The number of nitrogens with one attached hydrogen (secondary N) is 1. The van der Waals surface area contributed by atoms with Crippen molar-refractivity contribution in [1.82, 2.24) is 4.57 Å². The Morgan fingerprint density at radius 2 is 1.81 bits per heavy atom. The number of carbonyl (C=O) groups excluding carboxylic acids is 1. The molecule has 1 amide bonds. The molecule has 1 N–H and O–H groups in total. The largest absolute Gasteiger partial charge is 0.492 e. The van der Waals surface area contributed by atoms with Crippen molar-refractivity contribution < 1.29 is 9.53 Å². The highest BCUT2D eigenvalue weighted by atomic mass is 16.5. The summed E-state index contributed by atoms with van der Waals surface area (Å²) in [6.07, 6.45) is 2.12. The molecule has 0 saturated carbocycles. The van der Waals surface area contributed by atoms with E-state index < -0.39 is 0 Å². The van der Waals surface area contributed by atoms with Crippen molar-refractivity contribution in [3.63, 3.8) is 0 Å². The zero-order chi connectivity index (χ0) is 18.5. The number of anilines is 1. The van der Waals surface area contributed by atoms with Gasteiger partial charge in [0.1, 0.15) is 11.4 Å². The van der Waals surface area contributed by atoms with Crippen molar-refractivity contribution in [2.75, 3.05) is 11.9 Å². The third kappa shape index (κ3) is 3.45. The van der Waals surface area contributed by atoms with Crippen molar-refractivity contribution in [2.45, 2.75) is 40.2 Å². The van der Waals surface area contributed by atoms with Gasteiger partial charge in [0.05, 0.1) is 12.3 Å². The molecule has 3 rings (SSSR count). The van der Waals surface area contributed by atoms with Crippen LogP contribution in [0.4, 0.5) is 5.69 Å². The Labute approximate surface area is 154 Å². The number of rotatable bonds is 7. The predicted octanol–water partition coefficient (Wildman–Crippen LogP) is 5.40. The summed E-state index contributed by atoms with van der Waals surface area (Å²) in [5.74, 6) is 0.596. The van der Waals surface area contributed by atoms with Gasteiger partial charge in [0.25, 0.3) is 5.91 Å². The van der Waals surface area contributed by atoms with Gasteiger partial charge >= 0.3 is 0 Å². The van der Waals surface area contributed by atoms with Gasteiger partial charge in [-0.05, 0) is 44.0 Å². The number of unbranched alkanes of at least 4 members (excludes halogenated alkanes) is 1. The van der Waals surface area contributed by atoms with Crippen LogP contribution < -0.4 is 10.1 Å². The number of hydrogen-bond donors (Lipinski definition) is 1. The summed E-state index contributed by atoms with van der Waals surface area (Å²) < 4.78 is 7.78. The Morgan fingerprint density at radius 1 is 1.08 bits per heavy atom. The van der Waals surface area contributed by atoms with Crippen LogP contribution in [0.15, 0.2) is 48.5 Å². The minimum absolute atomic E-state index is 0.0954. The lowest BCUT2D eigenvalue weighted by atomic mass is 10.1. The molecule has 0 aliphatic carbocycles. The monoisotopic (exact) mass is 350 g/mol. The van der Waals surface area contributed by atoms with Crippen LogP contribution in [0.2, 0.25) is 0 Å². The summed E-state index contributed by atoms with van der Waals surface area (Å²) in [6.45, 7) is 7.51. The lowest BCUT2D eigenvalue weighted by Crippen LogP contribution is -2.19. The van der Waals surface area contributed by atoms with Crippen molar-refractivity contribution in [3.8, 4) is 5.75 Å². The fraction of sp³-hybridized carbons (Fsp3) is 0.318. The van der Waals surface area contributed by atoms with E-state index in [1.807, 2.05) is 50.2 Å². The van der Waals surface area contributed by atoms with Crippen molar-refractivity contribution >= 4 is 22.5 Å². The van der Waals surface area contributed by atoms with Gasteiger partial charge in [-0.15, -0.1) is 0 Å². The minimum atomic E-state index is -0.0954. The van der Waals surface area contributed by atoms with Gasteiger partial charge in [0.2, 0.25) is 0 Å². The zero-order valence-corrected chi connectivity index (χ0v) is 15.7. The molecule has 4 nitrogen and oxygen atoms in total. The van der Waals surface area contributed by atoms with Crippen LogP contribution in [-0.4, -0.2) is 17.1 Å². The third-order valence-corrected chi connectivity index (χ3v) is 4.61. The van der Waals surface area contributed by atoms with Crippen LogP contribution in [0.1, 0.15) is 42.7 Å². The fourth-order valence-corrected chi connectivity index (χ4v) is 3.35. The average Bonchev–Trinajstić information content (AvgIpc) is 2.94. The fourth-order valence-electron chi connectivity index (χ4n) is 3.35. The van der Waals surface area contributed by atoms with E-state index in [2.05, 4.69) is 28.9 Å². The lowest BCUT2D eigenvalue weighted by molar-refractivity contribution is 0.101. The molecule has 4 heteroatoms. The summed E-state index contributed by atoms with van der Waals surface area (Å²) in [5.41, 5.74) is 3.56. The first-order valence-corrected chi connectivity index (χ1v) is 9.28. The second-order valence-corrected chi connectivity index (χ2v) is 6.38. The van der Waals surface area contributed by atoms with Gasteiger partial charge in [-0.2, -0.15) is 0 Å². The Balaban J connectivity index is 2.01. The molecule has 0 spiro atoms. The highest BCUT2D eigenvalue weighted by Gasteiger charge is 2.20. The quantitative estimate of drug-likeness (QED) is 0.620. The Hall–Kier alpha value is -2.75. The summed E-state index contributed by atoms with van der Waals surface area (Å²) >= 11 is 0. The molecule has 0 saturated heterocycles. The molecule has 0 aliphatic heterocycles. The van der Waals surface area contributed by atoms with Crippen LogP contribution in [-0.2, 0) is 6.54 Å². The number of nitrogens with zero attached hydrogens (tertiary/aromatic N) is 1. The van der Waals surface area contributed by atoms with Crippen molar-refractivity contribution in [3.05, 3.63) is 59.8 Å². The molecule has 26 heavy (non-hydrogen) atoms. The summed E-state index contributed by atoms with van der Waals surface area (Å²) in [7, 11) is 0. The highest BCUT2D eigenvalue weighted by Crippen LogP contribution is 2.29. The molecule has 136 valence electrons. The number of aromatic nitrogens is 1. The number of aryl methyl sites for hydroxylation is 2. The summed E-state index contributed by atoms with van der Waals surface area (Å²) in [6, 6.07) is 15.8. The van der Waals surface area contributed by atoms with Crippen LogP contribution in [0, 0.1) is 6.92 Å². The first-order chi connectivity index (χ1) is 12.7. The molecular weight excluding hydrogens is 324 g/mol. The van der Waals surface area contributed by atoms with Gasteiger partial charge < -0.3 is 14.6 Å². The van der Waals surface area contributed by atoms with E-state index in [1.54, 1.807) is 0 Å². The smallest absolute Gasteiger partial charge is 0.272 e. The number of benzene rings is 2. The second-order valence-electron chi connectivity index (χ2n) is 6.38. The second kappa shape index (κ2) is 8.09. The van der Waals surface area contributed by atoms with Crippen molar-refractivity contribution in [1.29, 1.82) is 0 Å². The molecule has 0 radical (unpaired) electrons. The number of hydrogen-bond acceptors (Lipinski definition) is 2. The SMILES string of the molecule is CCCCn1c(C(=O)Nc2ccccc2OCC)c(C)c2ccccc21. The van der Waals surface area contributed by atoms with Gasteiger partial charge in [-0.3, -0.25) is 4.79 Å². The van der Waals surface area contributed by atoms with E-state index in [-0.39, 0.29) is 5.91 Å². The van der Waals surface area contributed by atoms with E-state index in [1.165, 1.54) is 0 Å². The van der Waals surface area contributed by atoms with E-state index >= 15 is 0 Å². The number of amides is 1. The highest BCUT2D eigenvalue weighted by molar-refractivity contribution is 6.08. The van der Waals surface area contributed by atoms with E-state index in [9.17, 15) is 4.79 Å². The molecule has 0 unspecified atom stereocenters. The standard InChI is InChI=1S/C22H26N2O2/c1-4-6-15-24-19-13-9-7-11-17(19)16(3)21(24)22(25)23-18-12-8-10-14-20(18)26-5-2/h7-14H,4-6,15H2,1-3H3,(H,23,25). The van der Waals surface area contributed by atoms with Crippen LogP contribution in [0.3, 0.4) is 0 Å². The number of fused-ring (bicyclic) bond motifs is 1. The minimum Gasteiger partial charge on any atom is -0.492 e. The lowest BCUT2D eigenvalue weighted by Gasteiger charge is -2.14. The predicted molar refractivity (Wildman–Crippen MR) is 107 cm³/mol. The summed E-state index contributed by atoms with van der Waals surface area (Å²) in [5, 5.41) is 4.18. The molecule has 0 bridgehead atoms. The first-order valence-electron chi connectivity index (χ1n) is 9.28. The Bertz CT molecular complexity index is 912. The third-order valence-electron chi connectivity index (χ3n) is 4.61. The number of ether oxygens (including phenoxy) is 1. The molecule has 2 aromatic carbocycles. The van der Waals surface area contributed by atoms with Crippen LogP contribution in [0.25, 0.3) is 10.9 Å². The molecule has 0 atom stereocenters. The van der Waals surface area contributed by atoms with E-state index in [4.69, 9.17) is 4.74 Å². The van der Waals surface area contributed by atoms with Crippen molar-refractivity contribution in [2.24, 2.45) is 0 Å². The van der Waals surface area contributed by atoms with Gasteiger partial charge in [-0.1, -0.05) is 43.7 Å². The van der Waals surface area contributed by atoms with Gasteiger partial charge in [0.15, 0.2) is 0 Å². The van der Waals surface area contributed by atoms with E-state index in [0.717, 1.165) is 41.5 Å². The first kappa shape index (κ1) is 18.1. The average molecular weight is 350 g/mol. The normalized spacial score (nSPS) is 10.9. The maximum Gasteiger partial charge on any atom is 0.272 e. The summed E-state index contributed by atoms with van der Waals surface area (Å²) in [4.78, 5) is 13.2. The number of carbonyl (C=O) groups is 1. The van der Waals surface area contributed by atoms with E-state index in [0.29, 0.717) is 18.0 Å². The molecular formula is C22H26N2O2. The zero-order valence-electron chi connectivity index (χ0n) is 15.7. The maximum absolute atomic E-state index is 13.2.